The molecular weight excluding hydrogens is 310 g/mol. The van der Waals surface area contributed by atoms with Crippen molar-refractivity contribution in [2.24, 2.45) is 0 Å². The average molecular weight is 320 g/mol. The van der Waals surface area contributed by atoms with Crippen molar-refractivity contribution in [3.8, 4) is 5.75 Å². The van der Waals surface area contributed by atoms with E-state index in [4.69, 9.17) is 4.74 Å². The summed E-state index contributed by atoms with van der Waals surface area (Å²) >= 11 is 5.07. The normalized spacial score (nSPS) is 10.7. The van der Waals surface area contributed by atoms with E-state index in [2.05, 4.69) is 27.0 Å². The average Bonchev–Trinajstić information content (AvgIpc) is 2.81. The number of hydrogen-bond acceptors (Lipinski definition) is 3. The van der Waals surface area contributed by atoms with Crippen molar-refractivity contribution in [3.05, 3.63) is 58.0 Å². The number of aromatic nitrogens is 1. The minimum Gasteiger partial charge on any atom is -0.486 e. The molecule has 1 aromatic heterocycles. The van der Waals surface area contributed by atoms with E-state index >= 15 is 0 Å². The molecule has 0 atom stereocenters. The van der Waals surface area contributed by atoms with E-state index in [1.165, 1.54) is 4.70 Å². The number of halogens is 1. The first-order valence-corrected chi connectivity index (χ1v) is 7.15. The molecule has 90 valence electrons. The third kappa shape index (κ3) is 2.54. The van der Waals surface area contributed by atoms with Crippen LogP contribution in [0.1, 0.15) is 5.01 Å². The van der Waals surface area contributed by atoms with Gasteiger partial charge < -0.3 is 4.74 Å². The second-order valence-corrected chi connectivity index (χ2v) is 5.85. The monoisotopic (exact) mass is 319 g/mol. The molecule has 0 aliphatic heterocycles. The van der Waals surface area contributed by atoms with Gasteiger partial charge in [0.2, 0.25) is 0 Å². The maximum absolute atomic E-state index is 5.70. The van der Waals surface area contributed by atoms with Gasteiger partial charge in [-0.1, -0.05) is 28.1 Å². The summed E-state index contributed by atoms with van der Waals surface area (Å²) in [7, 11) is 0. The topological polar surface area (TPSA) is 22.1 Å². The fourth-order valence-corrected chi connectivity index (χ4v) is 2.80. The number of thiazole rings is 1. The van der Waals surface area contributed by atoms with E-state index in [1.54, 1.807) is 11.3 Å². The van der Waals surface area contributed by atoms with Gasteiger partial charge in [0.05, 0.1) is 10.2 Å². The van der Waals surface area contributed by atoms with Crippen LogP contribution in [-0.2, 0) is 6.61 Å². The lowest BCUT2D eigenvalue weighted by atomic mass is 10.3. The van der Waals surface area contributed by atoms with Gasteiger partial charge in [0.1, 0.15) is 17.4 Å². The van der Waals surface area contributed by atoms with E-state index in [0.29, 0.717) is 6.61 Å². The van der Waals surface area contributed by atoms with E-state index < -0.39 is 0 Å². The maximum atomic E-state index is 5.70. The summed E-state index contributed by atoms with van der Waals surface area (Å²) in [5, 5.41) is 0.999. The van der Waals surface area contributed by atoms with E-state index in [1.807, 2.05) is 42.5 Å². The van der Waals surface area contributed by atoms with Crippen molar-refractivity contribution >= 4 is 37.5 Å². The fourth-order valence-electron chi connectivity index (χ4n) is 1.66. The number of benzene rings is 2. The molecule has 2 nitrogen and oxygen atoms in total. The summed E-state index contributed by atoms with van der Waals surface area (Å²) in [6.07, 6.45) is 0. The second-order valence-electron chi connectivity index (χ2n) is 3.82. The van der Waals surface area contributed by atoms with Gasteiger partial charge in [-0.25, -0.2) is 4.98 Å². The number of rotatable bonds is 3. The van der Waals surface area contributed by atoms with Crippen LogP contribution in [0, 0.1) is 0 Å². The van der Waals surface area contributed by atoms with Gasteiger partial charge in [0, 0.05) is 4.47 Å². The number of hydrogen-bond donors (Lipinski definition) is 0. The SMILES string of the molecule is Brc1ccc(OCc2nc3ccccc3s2)cc1. The molecule has 0 amide bonds. The number of ether oxygens (including phenoxy) is 1. The third-order valence-electron chi connectivity index (χ3n) is 2.51. The Hall–Kier alpha value is -1.39. The number of fused-ring (bicyclic) bond motifs is 1. The Balaban J connectivity index is 1.74. The molecule has 0 fully saturated rings. The van der Waals surface area contributed by atoms with Crippen molar-refractivity contribution in [3.63, 3.8) is 0 Å². The molecule has 3 rings (SSSR count). The molecule has 0 bridgehead atoms. The molecule has 0 aliphatic rings. The zero-order chi connectivity index (χ0) is 12.4. The lowest BCUT2D eigenvalue weighted by Crippen LogP contribution is -1.93. The molecule has 0 saturated heterocycles. The molecule has 4 heteroatoms. The fraction of sp³-hybridized carbons (Fsp3) is 0.0714. The Morgan fingerprint density at radius 3 is 2.61 bits per heavy atom. The smallest absolute Gasteiger partial charge is 0.140 e. The highest BCUT2D eigenvalue weighted by molar-refractivity contribution is 9.10. The number of para-hydroxylation sites is 1. The van der Waals surface area contributed by atoms with Crippen molar-refractivity contribution in [2.45, 2.75) is 6.61 Å². The van der Waals surface area contributed by atoms with Gasteiger partial charge in [-0.3, -0.25) is 0 Å². The molecule has 0 N–H and O–H groups in total. The zero-order valence-corrected chi connectivity index (χ0v) is 11.9. The summed E-state index contributed by atoms with van der Waals surface area (Å²) in [5.41, 5.74) is 1.04. The van der Waals surface area contributed by atoms with E-state index in [0.717, 1.165) is 20.7 Å². The molecule has 0 radical (unpaired) electrons. The van der Waals surface area contributed by atoms with Crippen molar-refractivity contribution < 1.29 is 4.74 Å². The number of nitrogens with zero attached hydrogens (tertiary/aromatic N) is 1. The first-order valence-electron chi connectivity index (χ1n) is 5.54. The minimum atomic E-state index is 0.515. The predicted octanol–water partition coefficient (Wildman–Crippen LogP) is 4.64. The van der Waals surface area contributed by atoms with Crippen LogP contribution >= 0.6 is 27.3 Å². The van der Waals surface area contributed by atoms with Crippen LogP contribution in [0.2, 0.25) is 0 Å². The first kappa shape index (κ1) is 11.7. The Labute approximate surface area is 117 Å². The maximum Gasteiger partial charge on any atom is 0.140 e. The Kier molecular flexibility index (Phi) is 3.30. The quantitative estimate of drug-likeness (QED) is 0.701. The van der Waals surface area contributed by atoms with Crippen molar-refractivity contribution in [1.82, 2.24) is 4.98 Å². The largest absolute Gasteiger partial charge is 0.486 e. The lowest BCUT2D eigenvalue weighted by Gasteiger charge is -2.03. The van der Waals surface area contributed by atoms with Crippen LogP contribution in [0.5, 0.6) is 5.75 Å². The Morgan fingerprint density at radius 1 is 1.06 bits per heavy atom. The summed E-state index contributed by atoms with van der Waals surface area (Å²) in [6.45, 7) is 0.515. The van der Waals surface area contributed by atoms with Crippen molar-refractivity contribution in [2.75, 3.05) is 0 Å². The van der Waals surface area contributed by atoms with Crippen LogP contribution in [0.25, 0.3) is 10.2 Å². The summed E-state index contributed by atoms with van der Waals surface area (Å²) in [6, 6.07) is 15.9. The standard InChI is InChI=1S/C14H10BrNOS/c15-10-5-7-11(8-6-10)17-9-14-16-12-3-1-2-4-13(12)18-14/h1-8H,9H2. The van der Waals surface area contributed by atoms with Crippen LogP contribution in [0.15, 0.2) is 53.0 Å². The minimum absolute atomic E-state index is 0.515. The van der Waals surface area contributed by atoms with Gasteiger partial charge in [-0.2, -0.15) is 0 Å². The summed E-state index contributed by atoms with van der Waals surface area (Å²) in [5.74, 6) is 0.859. The molecule has 1 heterocycles. The molecule has 18 heavy (non-hydrogen) atoms. The van der Waals surface area contributed by atoms with Crippen LogP contribution in [0.4, 0.5) is 0 Å². The van der Waals surface area contributed by atoms with Gasteiger partial charge in [0.25, 0.3) is 0 Å². The highest BCUT2D eigenvalue weighted by atomic mass is 79.9. The molecule has 0 saturated carbocycles. The van der Waals surface area contributed by atoms with Crippen LogP contribution in [-0.4, -0.2) is 4.98 Å². The molecule has 2 aromatic carbocycles. The van der Waals surface area contributed by atoms with Gasteiger partial charge in [0.15, 0.2) is 0 Å². The highest BCUT2D eigenvalue weighted by Gasteiger charge is 2.03. The molecule has 0 unspecified atom stereocenters. The Morgan fingerprint density at radius 2 is 1.83 bits per heavy atom. The van der Waals surface area contributed by atoms with Crippen LogP contribution < -0.4 is 4.74 Å². The van der Waals surface area contributed by atoms with E-state index in [-0.39, 0.29) is 0 Å². The van der Waals surface area contributed by atoms with Crippen LogP contribution in [0.3, 0.4) is 0 Å². The second kappa shape index (κ2) is 5.08. The summed E-state index contributed by atoms with van der Waals surface area (Å²) in [4.78, 5) is 4.53. The van der Waals surface area contributed by atoms with Gasteiger partial charge >= 0.3 is 0 Å². The van der Waals surface area contributed by atoms with E-state index in [9.17, 15) is 0 Å². The third-order valence-corrected chi connectivity index (χ3v) is 4.05. The zero-order valence-electron chi connectivity index (χ0n) is 9.47. The highest BCUT2D eigenvalue weighted by Crippen LogP contribution is 2.23. The first-order chi connectivity index (χ1) is 8.81. The molecule has 3 aromatic rings. The lowest BCUT2D eigenvalue weighted by molar-refractivity contribution is 0.306. The van der Waals surface area contributed by atoms with Gasteiger partial charge in [-0.15, -0.1) is 11.3 Å². The molecule has 0 spiro atoms. The predicted molar refractivity (Wildman–Crippen MR) is 78.1 cm³/mol. The molecule has 0 aliphatic carbocycles. The van der Waals surface area contributed by atoms with Crippen molar-refractivity contribution in [1.29, 1.82) is 0 Å². The Bertz CT molecular complexity index is 630. The van der Waals surface area contributed by atoms with Gasteiger partial charge in [-0.05, 0) is 36.4 Å². The molecular formula is C14H10BrNOS. The summed E-state index contributed by atoms with van der Waals surface area (Å²) < 4.78 is 7.96.